The number of hydrogen-bond acceptors (Lipinski definition) is 4. The Kier molecular flexibility index (Phi) is 10.2. The maximum absolute atomic E-state index is 14.7. The molecular formula is C47H74O4. The van der Waals surface area contributed by atoms with Gasteiger partial charge in [-0.1, -0.05) is 132 Å². The molecule has 0 radical (unpaired) electrons. The summed E-state index contributed by atoms with van der Waals surface area (Å²) in [5, 5.41) is 0. The molecule has 0 spiro atoms. The molecule has 0 aromatic heterocycles. The van der Waals surface area contributed by atoms with E-state index in [-0.39, 0.29) is 55.9 Å². The molecule has 1 saturated heterocycles. The Morgan fingerprint density at radius 1 is 0.961 bits per heavy atom. The molecule has 1 heterocycles. The van der Waals surface area contributed by atoms with Crippen molar-refractivity contribution in [1.82, 2.24) is 0 Å². The highest BCUT2D eigenvalue weighted by molar-refractivity contribution is 5.75. The van der Waals surface area contributed by atoms with E-state index in [4.69, 9.17) is 14.2 Å². The molecule has 51 heavy (non-hydrogen) atoms. The van der Waals surface area contributed by atoms with E-state index in [1.165, 1.54) is 12.8 Å². The molecule has 1 aromatic rings. The summed E-state index contributed by atoms with van der Waals surface area (Å²) in [6.07, 6.45) is 10.7. The lowest BCUT2D eigenvalue weighted by Crippen LogP contribution is -2.69. The van der Waals surface area contributed by atoms with E-state index < -0.39 is 0 Å². The normalized spacial score (nSPS) is 42.5. The Balaban J connectivity index is 1.35. The third-order valence-electron chi connectivity index (χ3n) is 17.8. The molecular weight excluding hydrogens is 629 g/mol. The van der Waals surface area contributed by atoms with E-state index >= 15 is 0 Å². The van der Waals surface area contributed by atoms with Crippen LogP contribution in [0.1, 0.15) is 141 Å². The van der Waals surface area contributed by atoms with Gasteiger partial charge in [0.2, 0.25) is 0 Å². The van der Waals surface area contributed by atoms with Gasteiger partial charge in [-0.2, -0.15) is 0 Å². The van der Waals surface area contributed by atoms with Crippen LogP contribution in [0.25, 0.3) is 0 Å². The highest BCUT2D eigenvalue weighted by Crippen LogP contribution is 2.75. The van der Waals surface area contributed by atoms with Crippen LogP contribution in [0.3, 0.4) is 0 Å². The molecule has 5 aliphatic rings. The Morgan fingerprint density at radius 2 is 1.65 bits per heavy atom. The van der Waals surface area contributed by atoms with Crippen LogP contribution in [0.5, 0.6) is 0 Å². The SMILES string of the molecule is CC[C@@](C)(CO[C@H]1[C@H](C)C[C@@]23COC[C@]1(C)[C@@H]2CC[C@H]1C3=CC[C@@]2(C)[C@H](C(=O)OCc3ccccc3)[C@@](C)([C@H](C)C(C)C)CC[C@]12C)C(C)(C)C. The van der Waals surface area contributed by atoms with Crippen LogP contribution >= 0.6 is 0 Å². The van der Waals surface area contributed by atoms with Crippen molar-refractivity contribution in [3.05, 3.63) is 47.5 Å². The van der Waals surface area contributed by atoms with Crippen LogP contribution in [-0.2, 0) is 25.6 Å². The van der Waals surface area contributed by atoms with Gasteiger partial charge in [0, 0.05) is 10.8 Å². The standard InChI is InChI=1S/C47H74O4/c1-14-42(9,41(6,7)8)28-51-39-32(4)26-47-30-49-29-44(39,11)37(47)21-20-35-36(47)22-23-46(13)38(40(48)50-27-34-18-16-15-17-19-34)43(10,33(5)31(2)3)24-25-45(35,46)12/h15-19,22,31-33,35,37-39H,14,20-21,23-30H2,1-13H3/t32-,33-,35+,37+,38-,39+,42+,43-,44-,45-,46+,47+/m1/s1. The average molecular weight is 703 g/mol. The van der Waals surface area contributed by atoms with Crippen molar-refractivity contribution in [2.45, 2.75) is 148 Å². The lowest BCUT2D eigenvalue weighted by Gasteiger charge is -2.71. The first-order valence-electron chi connectivity index (χ1n) is 20.8. The predicted molar refractivity (Wildman–Crippen MR) is 209 cm³/mol. The summed E-state index contributed by atoms with van der Waals surface area (Å²) >= 11 is 0. The van der Waals surface area contributed by atoms with Crippen LogP contribution in [0.2, 0.25) is 0 Å². The summed E-state index contributed by atoms with van der Waals surface area (Å²) in [7, 11) is 0. The summed E-state index contributed by atoms with van der Waals surface area (Å²) in [6, 6.07) is 10.2. The molecule has 0 N–H and O–H groups in total. The summed E-state index contributed by atoms with van der Waals surface area (Å²) in [4.78, 5) is 14.7. The first kappa shape index (κ1) is 39.1. The van der Waals surface area contributed by atoms with Crippen LogP contribution in [0.4, 0.5) is 0 Å². The van der Waals surface area contributed by atoms with Crippen molar-refractivity contribution in [1.29, 1.82) is 0 Å². The van der Waals surface area contributed by atoms with E-state index in [0.717, 1.165) is 57.5 Å². The lowest BCUT2D eigenvalue weighted by molar-refractivity contribution is -0.257. The van der Waals surface area contributed by atoms with E-state index in [2.05, 4.69) is 108 Å². The molecule has 286 valence electrons. The van der Waals surface area contributed by atoms with E-state index in [0.29, 0.717) is 36.2 Å². The zero-order chi connectivity index (χ0) is 37.4. The molecule has 1 aliphatic heterocycles. The molecule has 3 saturated carbocycles. The second kappa shape index (κ2) is 13.3. The minimum Gasteiger partial charge on any atom is -0.461 e. The van der Waals surface area contributed by atoms with Crippen LogP contribution in [-0.4, -0.2) is 31.9 Å². The van der Waals surface area contributed by atoms with Gasteiger partial charge in [-0.25, -0.2) is 0 Å². The number of ether oxygens (including phenoxy) is 3. The maximum atomic E-state index is 14.7. The zero-order valence-corrected chi connectivity index (χ0v) is 34.9. The molecule has 0 amide bonds. The fraction of sp³-hybridized carbons (Fsp3) is 0.809. The Morgan fingerprint density at radius 3 is 2.27 bits per heavy atom. The van der Waals surface area contributed by atoms with Gasteiger partial charge in [0.1, 0.15) is 6.61 Å². The molecule has 4 fully saturated rings. The van der Waals surface area contributed by atoms with Gasteiger partial charge in [0.15, 0.2) is 0 Å². The average Bonchev–Trinajstić information content (AvgIpc) is 3.07. The minimum atomic E-state index is -0.198. The topological polar surface area (TPSA) is 44.8 Å². The van der Waals surface area contributed by atoms with Crippen LogP contribution in [0, 0.1) is 73.4 Å². The van der Waals surface area contributed by atoms with Crippen molar-refractivity contribution < 1.29 is 19.0 Å². The third kappa shape index (κ3) is 5.84. The molecule has 4 nitrogen and oxygen atoms in total. The van der Waals surface area contributed by atoms with Crippen LogP contribution in [0.15, 0.2) is 42.0 Å². The zero-order valence-electron chi connectivity index (χ0n) is 34.9. The molecule has 0 unspecified atom stereocenters. The molecule has 12 atom stereocenters. The third-order valence-corrected chi connectivity index (χ3v) is 17.8. The predicted octanol–water partition coefficient (Wildman–Crippen LogP) is 11.7. The number of fused-ring (bicyclic) bond motifs is 3. The van der Waals surface area contributed by atoms with Gasteiger partial charge in [-0.15, -0.1) is 0 Å². The smallest absolute Gasteiger partial charge is 0.310 e. The number of benzene rings is 1. The minimum absolute atomic E-state index is 0.00350. The van der Waals surface area contributed by atoms with Gasteiger partial charge in [-0.05, 0) is 107 Å². The fourth-order valence-corrected chi connectivity index (χ4v) is 13.3. The van der Waals surface area contributed by atoms with E-state index in [1.54, 1.807) is 5.57 Å². The van der Waals surface area contributed by atoms with E-state index in [1.807, 2.05) is 18.2 Å². The fourth-order valence-electron chi connectivity index (χ4n) is 13.3. The first-order chi connectivity index (χ1) is 23.7. The quantitative estimate of drug-likeness (QED) is 0.190. The highest BCUT2D eigenvalue weighted by atomic mass is 16.5. The molecule has 1 aromatic carbocycles. The molecule has 4 aliphatic carbocycles. The largest absolute Gasteiger partial charge is 0.461 e. The maximum Gasteiger partial charge on any atom is 0.310 e. The Hall–Kier alpha value is -1.65. The summed E-state index contributed by atoms with van der Waals surface area (Å²) in [5.41, 5.74) is 2.74. The molecule has 6 rings (SSSR count). The second-order valence-corrected chi connectivity index (χ2v) is 21.2. The number of carbonyl (C=O) groups is 1. The highest BCUT2D eigenvalue weighted by Gasteiger charge is 2.71. The Labute approximate surface area is 312 Å². The van der Waals surface area contributed by atoms with Gasteiger partial charge in [-0.3, -0.25) is 4.79 Å². The summed E-state index contributed by atoms with van der Waals surface area (Å²) < 4.78 is 20.3. The number of esters is 1. The monoisotopic (exact) mass is 703 g/mol. The lowest BCUT2D eigenvalue weighted by atomic mass is 9.34. The van der Waals surface area contributed by atoms with Crippen LogP contribution < -0.4 is 0 Å². The van der Waals surface area contributed by atoms with Crippen molar-refractivity contribution in [2.75, 3.05) is 19.8 Å². The first-order valence-corrected chi connectivity index (χ1v) is 20.8. The van der Waals surface area contributed by atoms with Crippen molar-refractivity contribution in [2.24, 2.45) is 73.4 Å². The van der Waals surface area contributed by atoms with E-state index in [9.17, 15) is 4.79 Å². The number of rotatable bonds is 9. The summed E-state index contributed by atoms with van der Waals surface area (Å²) in [6.45, 7) is 34.2. The van der Waals surface area contributed by atoms with Crippen molar-refractivity contribution >= 4 is 5.97 Å². The second-order valence-electron chi connectivity index (χ2n) is 21.2. The van der Waals surface area contributed by atoms with Gasteiger partial charge in [0.25, 0.3) is 0 Å². The Bertz CT molecular complexity index is 1460. The summed E-state index contributed by atoms with van der Waals surface area (Å²) in [5.74, 6) is 2.22. The number of allylic oxidation sites excluding steroid dienone is 1. The van der Waals surface area contributed by atoms with Crippen molar-refractivity contribution in [3.8, 4) is 0 Å². The van der Waals surface area contributed by atoms with Gasteiger partial charge < -0.3 is 14.2 Å². The number of hydrogen-bond donors (Lipinski definition) is 0. The van der Waals surface area contributed by atoms with Gasteiger partial charge in [0.05, 0.1) is 31.8 Å². The molecule has 4 heteroatoms. The molecule has 2 bridgehead atoms. The van der Waals surface area contributed by atoms with Gasteiger partial charge >= 0.3 is 5.97 Å². The van der Waals surface area contributed by atoms with Crippen molar-refractivity contribution in [3.63, 3.8) is 0 Å². The number of carbonyl (C=O) groups excluding carboxylic acids is 1.